The largest absolute Gasteiger partial charge is 0.343 e. The molecule has 0 atom stereocenters. The van der Waals surface area contributed by atoms with E-state index in [0.717, 1.165) is 4.90 Å². The second-order valence-electron chi connectivity index (χ2n) is 2.98. The number of carbonyl (C=O) groups is 1. The van der Waals surface area contributed by atoms with Crippen LogP contribution in [-0.2, 0) is 9.84 Å². The molecule has 0 radical (unpaired) electrons. The number of hydrogen-bond acceptors (Lipinski definition) is 3. The van der Waals surface area contributed by atoms with Gasteiger partial charge in [0, 0.05) is 14.1 Å². The zero-order chi connectivity index (χ0) is 10.8. The van der Waals surface area contributed by atoms with Crippen LogP contribution in [0.15, 0.2) is 35.2 Å². The number of hydrogen-bond donors (Lipinski definition) is 0. The van der Waals surface area contributed by atoms with Crippen LogP contribution >= 0.6 is 0 Å². The van der Waals surface area contributed by atoms with Gasteiger partial charge in [0.2, 0.25) is 0 Å². The highest BCUT2D eigenvalue weighted by Gasteiger charge is 2.25. The number of carbonyl (C=O) groups excluding carboxylic acids is 1. The molecule has 0 aliphatic carbocycles. The summed E-state index contributed by atoms with van der Waals surface area (Å²) in [6.07, 6.45) is 0. The van der Waals surface area contributed by atoms with Crippen LogP contribution in [0.1, 0.15) is 0 Å². The monoisotopic (exact) mass is 213 g/mol. The molecule has 0 unspecified atom stereocenters. The molecule has 0 aliphatic rings. The summed E-state index contributed by atoms with van der Waals surface area (Å²) < 4.78 is 23.2. The second-order valence-corrected chi connectivity index (χ2v) is 4.80. The summed E-state index contributed by atoms with van der Waals surface area (Å²) in [6.45, 7) is 0. The molecule has 0 saturated heterocycles. The van der Waals surface area contributed by atoms with Crippen LogP contribution in [0.5, 0.6) is 0 Å². The number of benzene rings is 1. The summed E-state index contributed by atoms with van der Waals surface area (Å²) in [7, 11) is -1.04. The Kier molecular flexibility index (Phi) is 2.90. The molecule has 0 spiro atoms. The number of rotatable bonds is 1. The third-order valence-electron chi connectivity index (χ3n) is 1.65. The van der Waals surface area contributed by atoms with Gasteiger partial charge in [-0.1, -0.05) is 18.2 Å². The van der Waals surface area contributed by atoms with Gasteiger partial charge in [-0.05, 0) is 12.1 Å². The Morgan fingerprint density at radius 3 is 2.07 bits per heavy atom. The van der Waals surface area contributed by atoms with E-state index in [4.69, 9.17) is 0 Å². The topological polar surface area (TPSA) is 54.5 Å². The zero-order valence-electron chi connectivity index (χ0n) is 7.97. The highest BCUT2D eigenvalue weighted by atomic mass is 32.2. The summed E-state index contributed by atoms with van der Waals surface area (Å²) in [5, 5.41) is -0.899. The van der Waals surface area contributed by atoms with Gasteiger partial charge in [-0.15, -0.1) is 0 Å². The first kappa shape index (κ1) is 10.7. The van der Waals surface area contributed by atoms with Gasteiger partial charge >= 0.3 is 5.24 Å². The van der Waals surface area contributed by atoms with Crippen molar-refractivity contribution in [2.24, 2.45) is 0 Å². The maximum absolute atomic E-state index is 11.6. The second kappa shape index (κ2) is 3.79. The van der Waals surface area contributed by atoms with Gasteiger partial charge in [-0.2, -0.15) is 0 Å². The zero-order valence-corrected chi connectivity index (χ0v) is 8.78. The van der Waals surface area contributed by atoms with Gasteiger partial charge < -0.3 is 4.90 Å². The molecule has 4 nitrogen and oxygen atoms in total. The van der Waals surface area contributed by atoms with Gasteiger partial charge in [0.05, 0.1) is 4.90 Å². The summed E-state index contributed by atoms with van der Waals surface area (Å²) in [5.74, 6) is 0. The Hall–Kier alpha value is -1.36. The van der Waals surface area contributed by atoms with E-state index in [1.807, 2.05) is 0 Å². The van der Waals surface area contributed by atoms with Gasteiger partial charge in [-0.25, -0.2) is 8.42 Å². The van der Waals surface area contributed by atoms with Gasteiger partial charge in [0.25, 0.3) is 9.84 Å². The molecule has 0 saturated carbocycles. The Morgan fingerprint density at radius 1 is 1.14 bits per heavy atom. The van der Waals surface area contributed by atoms with Gasteiger partial charge in [0.1, 0.15) is 0 Å². The third-order valence-corrected chi connectivity index (χ3v) is 3.37. The summed E-state index contributed by atoms with van der Waals surface area (Å²) in [6, 6.07) is 7.65. The van der Waals surface area contributed by atoms with E-state index in [0.29, 0.717) is 0 Å². The molecule has 1 amide bonds. The van der Waals surface area contributed by atoms with Crippen molar-refractivity contribution in [2.75, 3.05) is 14.1 Å². The summed E-state index contributed by atoms with van der Waals surface area (Å²) >= 11 is 0. The lowest BCUT2D eigenvalue weighted by Gasteiger charge is -2.09. The molecule has 5 heteroatoms. The Bertz CT molecular complexity index is 423. The Morgan fingerprint density at radius 2 is 1.64 bits per heavy atom. The van der Waals surface area contributed by atoms with E-state index < -0.39 is 15.1 Å². The van der Waals surface area contributed by atoms with Crippen molar-refractivity contribution in [1.29, 1.82) is 0 Å². The molecule has 76 valence electrons. The molecular formula is C9H11NO3S. The van der Waals surface area contributed by atoms with E-state index >= 15 is 0 Å². The molecule has 0 aromatic heterocycles. The van der Waals surface area contributed by atoms with Crippen LogP contribution in [0.2, 0.25) is 0 Å². The van der Waals surface area contributed by atoms with Crippen LogP contribution in [0.4, 0.5) is 4.79 Å². The van der Waals surface area contributed by atoms with Crippen molar-refractivity contribution in [1.82, 2.24) is 4.90 Å². The molecule has 14 heavy (non-hydrogen) atoms. The van der Waals surface area contributed by atoms with E-state index in [1.165, 1.54) is 26.2 Å². The van der Waals surface area contributed by atoms with Gasteiger partial charge in [0.15, 0.2) is 0 Å². The molecule has 0 fully saturated rings. The molecular weight excluding hydrogens is 202 g/mol. The fourth-order valence-electron chi connectivity index (χ4n) is 0.941. The molecule has 0 bridgehead atoms. The molecule has 1 aromatic carbocycles. The molecule has 1 aromatic rings. The quantitative estimate of drug-likeness (QED) is 0.703. The summed E-state index contributed by atoms with van der Waals surface area (Å²) in [5.41, 5.74) is 0. The fraction of sp³-hybridized carbons (Fsp3) is 0.222. The highest BCUT2D eigenvalue weighted by molar-refractivity contribution is 8.06. The smallest absolute Gasteiger partial charge is 0.335 e. The maximum atomic E-state index is 11.6. The van der Waals surface area contributed by atoms with E-state index in [1.54, 1.807) is 18.2 Å². The minimum atomic E-state index is -3.85. The standard InChI is InChI=1S/C9H11NO3S/c1-10(2)9(11)14(12,13)8-6-4-3-5-7-8/h3-7H,1-2H3. The Labute approximate surface area is 83.1 Å². The average Bonchev–Trinajstić information content (AvgIpc) is 2.18. The van der Waals surface area contributed by atoms with Crippen LogP contribution < -0.4 is 0 Å². The van der Waals surface area contributed by atoms with E-state index in [9.17, 15) is 13.2 Å². The lowest BCUT2D eigenvalue weighted by molar-refractivity contribution is 0.238. The van der Waals surface area contributed by atoms with Gasteiger partial charge in [-0.3, -0.25) is 4.79 Å². The molecule has 0 aliphatic heterocycles. The summed E-state index contributed by atoms with van der Waals surface area (Å²) in [4.78, 5) is 12.4. The first-order valence-corrected chi connectivity index (χ1v) is 5.46. The first-order chi connectivity index (χ1) is 6.46. The minimum absolute atomic E-state index is 0.0266. The minimum Gasteiger partial charge on any atom is -0.335 e. The van der Waals surface area contributed by atoms with Crippen LogP contribution in [0, 0.1) is 0 Å². The number of nitrogens with zero attached hydrogens (tertiary/aromatic N) is 1. The lowest BCUT2D eigenvalue weighted by atomic mass is 10.4. The third kappa shape index (κ3) is 1.93. The normalized spacial score (nSPS) is 11.0. The average molecular weight is 213 g/mol. The van der Waals surface area contributed by atoms with Crippen molar-refractivity contribution in [3.63, 3.8) is 0 Å². The van der Waals surface area contributed by atoms with E-state index in [-0.39, 0.29) is 4.90 Å². The Balaban J connectivity index is 3.17. The predicted molar refractivity (Wildman–Crippen MR) is 52.7 cm³/mol. The lowest BCUT2D eigenvalue weighted by Crippen LogP contribution is -2.28. The maximum Gasteiger partial charge on any atom is 0.343 e. The van der Waals surface area contributed by atoms with Crippen LogP contribution in [-0.4, -0.2) is 32.7 Å². The first-order valence-electron chi connectivity index (χ1n) is 3.97. The van der Waals surface area contributed by atoms with Crippen LogP contribution in [0.25, 0.3) is 0 Å². The van der Waals surface area contributed by atoms with Crippen molar-refractivity contribution in [3.05, 3.63) is 30.3 Å². The number of amides is 1. The predicted octanol–water partition coefficient (Wildman–Crippen LogP) is 1.14. The van der Waals surface area contributed by atoms with Crippen LogP contribution in [0.3, 0.4) is 0 Å². The molecule has 0 N–H and O–H groups in total. The number of sulfone groups is 1. The highest BCUT2D eigenvalue weighted by Crippen LogP contribution is 2.12. The molecule has 0 heterocycles. The van der Waals surface area contributed by atoms with E-state index in [2.05, 4.69) is 0 Å². The van der Waals surface area contributed by atoms with Crippen molar-refractivity contribution in [3.8, 4) is 0 Å². The fourth-order valence-corrected chi connectivity index (χ4v) is 2.14. The van der Waals surface area contributed by atoms with Crippen molar-refractivity contribution < 1.29 is 13.2 Å². The van der Waals surface area contributed by atoms with Crippen molar-refractivity contribution >= 4 is 15.1 Å². The van der Waals surface area contributed by atoms with Crippen molar-refractivity contribution in [2.45, 2.75) is 4.90 Å². The molecule has 1 rings (SSSR count). The SMILES string of the molecule is CN(C)C(=O)S(=O)(=O)c1ccccc1.